The molecule has 19 heavy (non-hydrogen) atoms. The van der Waals surface area contributed by atoms with Crippen molar-refractivity contribution in [3.63, 3.8) is 0 Å². The number of rotatable bonds is 4. The minimum atomic E-state index is 0.145. The van der Waals surface area contributed by atoms with Gasteiger partial charge < -0.3 is 14.1 Å². The third-order valence-electron chi connectivity index (χ3n) is 2.89. The number of furan rings is 1. The van der Waals surface area contributed by atoms with Gasteiger partial charge in [0.25, 0.3) is 0 Å². The minimum Gasteiger partial charge on any atom is -0.466 e. The van der Waals surface area contributed by atoms with E-state index >= 15 is 0 Å². The van der Waals surface area contributed by atoms with Crippen molar-refractivity contribution in [1.29, 1.82) is 0 Å². The highest BCUT2D eigenvalue weighted by Gasteiger charge is 2.17. The molecule has 3 heterocycles. The summed E-state index contributed by atoms with van der Waals surface area (Å²) in [6.45, 7) is 2.16. The topological polar surface area (TPSA) is 64.3 Å². The number of aromatic nitrogens is 3. The first-order chi connectivity index (χ1) is 9.31. The van der Waals surface area contributed by atoms with Crippen LogP contribution in [0.15, 0.2) is 22.8 Å². The molecular weight excluding hydrogens is 268 g/mol. The molecule has 6 nitrogen and oxygen atoms in total. The van der Waals surface area contributed by atoms with Gasteiger partial charge in [0.1, 0.15) is 12.4 Å². The van der Waals surface area contributed by atoms with Gasteiger partial charge in [0.15, 0.2) is 0 Å². The van der Waals surface area contributed by atoms with E-state index in [1.54, 1.807) is 12.3 Å². The van der Waals surface area contributed by atoms with Crippen LogP contribution in [-0.4, -0.2) is 28.0 Å². The second kappa shape index (κ2) is 5.44. The van der Waals surface area contributed by atoms with Crippen LogP contribution < -0.4 is 9.64 Å². The van der Waals surface area contributed by atoms with Crippen molar-refractivity contribution < 1.29 is 9.15 Å². The Morgan fingerprint density at radius 2 is 2.11 bits per heavy atom. The van der Waals surface area contributed by atoms with Crippen molar-refractivity contribution in [3.8, 4) is 6.01 Å². The van der Waals surface area contributed by atoms with Crippen molar-refractivity contribution in [2.45, 2.75) is 19.4 Å². The predicted octanol–water partition coefficient (Wildman–Crippen LogP) is 2.30. The van der Waals surface area contributed by atoms with Gasteiger partial charge in [-0.1, -0.05) is 0 Å². The fraction of sp³-hybridized carbons (Fsp3) is 0.417. The van der Waals surface area contributed by atoms with Crippen molar-refractivity contribution in [2.24, 2.45) is 0 Å². The first-order valence-corrected chi connectivity index (χ1v) is 6.51. The first-order valence-electron chi connectivity index (χ1n) is 6.13. The number of hydrogen-bond donors (Lipinski definition) is 0. The summed E-state index contributed by atoms with van der Waals surface area (Å²) in [7, 11) is 0. The van der Waals surface area contributed by atoms with Crippen LogP contribution in [0.1, 0.15) is 18.6 Å². The molecule has 2 aromatic rings. The lowest BCUT2D eigenvalue weighted by Crippen LogP contribution is -2.21. The molecule has 0 aromatic carbocycles. The van der Waals surface area contributed by atoms with Gasteiger partial charge in [-0.3, -0.25) is 0 Å². The van der Waals surface area contributed by atoms with E-state index < -0.39 is 0 Å². The highest BCUT2D eigenvalue weighted by Crippen LogP contribution is 2.19. The smallest absolute Gasteiger partial charge is 0.323 e. The number of ether oxygens (including phenoxy) is 1. The maximum absolute atomic E-state index is 5.90. The van der Waals surface area contributed by atoms with Gasteiger partial charge in [-0.2, -0.15) is 15.0 Å². The van der Waals surface area contributed by atoms with Gasteiger partial charge in [-0.15, -0.1) is 0 Å². The third-order valence-corrected chi connectivity index (χ3v) is 3.06. The standard InChI is InChI=1S/C12H13ClN4O2/c13-10-14-11(17-5-1-2-6-17)16-12(15-10)19-8-9-4-3-7-18-9/h3-4,7H,1-2,5-6,8H2. The van der Waals surface area contributed by atoms with E-state index in [2.05, 4.69) is 19.9 Å². The van der Waals surface area contributed by atoms with Crippen molar-refractivity contribution in [1.82, 2.24) is 15.0 Å². The Balaban J connectivity index is 1.73. The summed E-state index contributed by atoms with van der Waals surface area (Å²) in [4.78, 5) is 14.4. The predicted molar refractivity (Wildman–Crippen MR) is 69.3 cm³/mol. The van der Waals surface area contributed by atoms with Crippen molar-refractivity contribution in [2.75, 3.05) is 18.0 Å². The van der Waals surface area contributed by atoms with Crippen molar-refractivity contribution >= 4 is 17.5 Å². The summed E-state index contributed by atoms with van der Waals surface area (Å²) in [5.74, 6) is 1.28. The Morgan fingerprint density at radius 3 is 2.84 bits per heavy atom. The SMILES string of the molecule is Clc1nc(OCc2ccco2)nc(N2CCCC2)n1. The monoisotopic (exact) mass is 280 g/mol. The van der Waals surface area contributed by atoms with Crippen LogP contribution in [0.2, 0.25) is 5.28 Å². The molecule has 0 unspecified atom stereocenters. The lowest BCUT2D eigenvalue weighted by molar-refractivity contribution is 0.249. The van der Waals surface area contributed by atoms with E-state index in [1.165, 1.54) is 0 Å². The summed E-state index contributed by atoms with van der Waals surface area (Å²) < 4.78 is 10.6. The molecule has 0 N–H and O–H groups in total. The third kappa shape index (κ3) is 2.96. The Morgan fingerprint density at radius 1 is 1.26 bits per heavy atom. The zero-order chi connectivity index (χ0) is 13.1. The summed E-state index contributed by atoms with van der Waals surface area (Å²) >= 11 is 5.90. The molecule has 0 bridgehead atoms. The molecule has 0 atom stereocenters. The quantitative estimate of drug-likeness (QED) is 0.856. The lowest BCUT2D eigenvalue weighted by Gasteiger charge is -2.15. The number of hydrogen-bond acceptors (Lipinski definition) is 6. The summed E-state index contributed by atoms with van der Waals surface area (Å²) in [5.41, 5.74) is 0. The van der Waals surface area contributed by atoms with Gasteiger partial charge in [0.2, 0.25) is 11.2 Å². The van der Waals surface area contributed by atoms with E-state index in [0.29, 0.717) is 11.7 Å². The molecule has 1 fully saturated rings. The molecule has 3 rings (SSSR count). The van der Waals surface area contributed by atoms with E-state index in [4.69, 9.17) is 20.8 Å². The van der Waals surface area contributed by atoms with E-state index in [1.807, 2.05) is 6.07 Å². The Kier molecular flexibility index (Phi) is 3.50. The molecule has 0 aliphatic carbocycles. The molecule has 1 aliphatic heterocycles. The molecule has 2 aromatic heterocycles. The fourth-order valence-corrected chi connectivity index (χ4v) is 2.12. The molecule has 0 saturated carbocycles. The maximum Gasteiger partial charge on any atom is 0.323 e. The molecule has 100 valence electrons. The number of anilines is 1. The second-order valence-corrected chi connectivity index (χ2v) is 4.59. The highest BCUT2D eigenvalue weighted by atomic mass is 35.5. The highest BCUT2D eigenvalue weighted by molar-refractivity contribution is 6.28. The first kappa shape index (κ1) is 12.2. The van der Waals surface area contributed by atoms with Crippen LogP contribution in [0.5, 0.6) is 6.01 Å². The van der Waals surface area contributed by atoms with Crippen LogP contribution >= 0.6 is 11.6 Å². The summed E-state index contributed by atoms with van der Waals surface area (Å²) in [5, 5.41) is 0.145. The van der Waals surface area contributed by atoms with E-state index in [0.717, 1.165) is 25.9 Å². The number of halogens is 1. The van der Waals surface area contributed by atoms with Gasteiger partial charge in [-0.25, -0.2) is 0 Å². The van der Waals surface area contributed by atoms with Crippen LogP contribution in [0.25, 0.3) is 0 Å². The molecule has 0 radical (unpaired) electrons. The average molecular weight is 281 g/mol. The molecule has 7 heteroatoms. The molecule has 1 aliphatic rings. The maximum atomic E-state index is 5.90. The fourth-order valence-electron chi connectivity index (χ4n) is 1.98. The zero-order valence-electron chi connectivity index (χ0n) is 10.3. The van der Waals surface area contributed by atoms with Gasteiger partial charge in [0, 0.05) is 13.1 Å². The van der Waals surface area contributed by atoms with Crippen LogP contribution in [0, 0.1) is 0 Å². The van der Waals surface area contributed by atoms with Gasteiger partial charge in [-0.05, 0) is 36.6 Å². The Labute approximate surface area is 115 Å². The molecular formula is C12H13ClN4O2. The molecule has 1 saturated heterocycles. The molecule has 0 amide bonds. The Bertz CT molecular complexity index is 541. The summed E-state index contributed by atoms with van der Waals surface area (Å²) in [6.07, 6.45) is 3.88. The average Bonchev–Trinajstić information content (AvgIpc) is 3.09. The Hall–Kier alpha value is -1.82. The second-order valence-electron chi connectivity index (χ2n) is 4.25. The zero-order valence-corrected chi connectivity index (χ0v) is 11.0. The van der Waals surface area contributed by atoms with E-state index in [9.17, 15) is 0 Å². The van der Waals surface area contributed by atoms with Crippen LogP contribution in [0.4, 0.5) is 5.95 Å². The van der Waals surface area contributed by atoms with Gasteiger partial charge in [0.05, 0.1) is 6.26 Å². The van der Waals surface area contributed by atoms with E-state index in [-0.39, 0.29) is 17.9 Å². The van der Waals surface area contributed by atoms with Crippen molar-refractivity contribution in [3.05, 3.63) is 29.4 Å². The minimum absolute atomic E-state index is 0.145. The normalized spacial score (nSPS) is 14.9. The summed E-state index contributed by atoms with van der Waals surface area (Å²) in [6, 6.07) is 3.84. The van der Waals surface area contributed by atoms with Gasteiger partial charge >= 0.3 is 6.01 Å². The largest absolute Gasteiger partial charge is 0.466 e. The van der Waals surface area contributed by atoms with Crippen LogP contribution in [-0.2, 0) is 6.61 Å². The molecule has 0 spiro atoms. The van der Waals surface area contributed by atoms with Crippen LogP contribution in [0.3, 0.4) is 0 Å². The lowest BCUT2D eigenvalue weighted by atomic mass is 10.4. The number of nitrogens with zero attached hydrogens (tertiary/aromatic N) is 4.